The van der Waals surface area contributed by atoms with E-state index in [2.05, 4.69) is 11.1 Å². The summed E-state index contributed by atoms with van der Waals surface area (Å²) in [4.78, 5) is 22.8. The number of aromatic nitrogens is 3. The van der Waals surface area contributed by atoms with Crippen LogP contribution in [0.2, 0.25) is 5.02 Å². The predicted molar refractivity (Wildman–Crippen MR) is 139 cm³/mol. The average molecular weight is 553 g/mol. The van der Waals surface area contributed by atoms with Gasteiger partial charge in [0.25, 0.3) is 5.56 Å². The van der Waals surface area contributed by atoms with Crippen LogP contribution in [-0.2, 0) is 12.7 Å². The van der Waals surface area contributed by atoms with Crippen LogP contribution >= 0.6 is 22.9 Å². The summed E-state index contributed by atoms with van der Waals surface area (Å²) >= 11 is 7.23. The Morgan fingerprint density at radius 1 is 1.18 bits per heavy atom. The summed E-state index contributed by atoms with van der Waals surface area (Å²) in [7, 11) is 0. The third-order valence-electron chi connectivity index (χ3n) is 6.58. The van der Waals surface area contributed by atoms with Crippen molar-refractivity contribution in [3.63, 3.8) is 0 Å². The van der Waals surface area contributed by atoms with Crippen LogP contribution in [0.3, 0.4) is 0 Å². The number of phenols is 1. The lowest BCUT2D eigenvalue weighted by Crippen LogP contribution is -2.24. The third kappa shape index (κ3) is 4.08. The van der Waals surface area contributed by atoms with Crippen LogP contribution in [0.5, 0.6) is 5.75 Å². The van der Waals surface area contributed by atoms with Crippen LogP contribution in [-0.4, -0.2) is 19.6 Å². The quantitative estimate of drug-likeness (QED) is 0.263. The van der Waals surface area contributed by atoms with Gasteiger partial charge in [-0.25, -0.2) is 4.98 Å². The number of benzene rings is 2. The summed E-state index contributed by atoms with van der Waals surface area (Å²) in [6.07, 6.45) is -1.61. The molecule has 3 aromatic heterocycles. The molecule has 6 nitrogen and oxygen atoms in total. The number of nitriles is 1. The number of rotatable bonds is 4. The van der Waals surface area contributed by atoms with Gasteiger partial charge >= 0.3 is 6.18 Å². The second-order valence-corrected chi connectivity index (χ2v) is 10.5. The number of phenolic OH excluding ortho intramolecular Hbond substituents is 1. The van der Waals surface area contributed by atoms with Gasteiger partial charge in [0.2, 0.25) is 0 Å². The van der Waals surface area contributed by atoms with E-state index in [-0.39, 0.29) is 28.6 Å². The lowest BCUT2D eigenvalue weighted by atomic mass is 9.99. The normalized spacial score (nSPS) is 13.8. The Kier molecular flexibility index (Phi) is 5.67. The van der Waals surface area contributed by atoms with Crippen LogP contribution in [0.4, 0.5) is 13.2 Å². The number of hydrogen-bond donors (Lipinski definition) is 1. The predicted octanol–water partition coefficient (Wildman–Crippen LogP) is 6.85. The number of halogens is 4. The van der Waals surface area contributed by atoms with Gasteiger partial charge in [-0.1, -0.05) is 23.7 Å². The van der Waals surface area contributed by atoms with Gasteiger partial charge in [0.05, 0.1) is 33.3 Å². The summed E-state index contributed by atoms with van der Waals surface area (Å²) in [5.74, 6) is 0.395. The fourth-order valence-corrected chi connectivity index (χ4v) is 5.90. The Morgan fingerprint density at radius 3 is 2.63 bits per heavy atom. The van der Waals surface area contributed by atoms with Gasteiger partial charge in [0.15, 0.2) is 5.75 Å². The molecule has 38 heavy (non-hydrogen) atoms. The number of aromatic hydroxyl groups is 1. The van der Waals surface area contributed by atoms with E-state index >= 15 is 0 Å². The SMILES string of the molecule is N#Cc1ccc(-c2nc3sc4c(O)c(Cl)ccc4c3c(=O)n2Cc2ccc(C(F)(F)F)nc2)c(C2CC2)c1. The molecule has 0 atom stereocenters. The van der Waals surface area contributed by atoms with Crippen LogP contribution in [0.25, 0.3) is 31.7 Å². The van der Waals surface area contributed by atoms with Crippen molar-refractivity contribution in [2.24, 2.45) is 0 Å². The summed E-state index contributed by atoms with van der Waals surface area (Å²) < 4.78 is 41.0. The fraction of sp³-hybridized carbons (Fsp3) is 0.185. The molecule has 0 bridgehead atoms. The summed E-state index contributed by atoms with van der Waals surface area (Å²) in [5.41, 5.74) is 0.992. The first-order valence-corrected chi connectivity index (χ1v) is 12.8. The van der Waals surface area contributed by atoms with E-state index in [4.69, 9.17) is 16.6 Å². The molecule has 1 saturated carbocycles. The highest BCUT2D eigenvalue weighted by atomic mass is 35.5. The molecule has 0 spiro atoms. The number of thiophene rings is 1. The molecule has 6 rings (SSSR count). The molecule has 0 aliphatic heterocycles. The van der Waals surface area contributed by atoms with Crippen molar-refractivity contribution in [2.45, 2.75) is 31.5 Å². The number of nitrogens with zero attached hydrogens (tertiary/aromatic N) is 4. The Morgan fingerprint density at radius 2 is 1.97 bits per heavy atom. The largest absolute Gasteiger partial charge is 0.505 e. The second kappa shape index (κ2) is 8.82. The van der Waals surface area contributed by atoms with Crippen LogP contribution < -0.4 is 5.56 Å². The molecule has 1 N–H and O–H groups in total. The maximum absolute atomic E-state index is 14.0. The standard InChI is InChI=1S/C27H16ClF3N4O2S/c28-19-7-6-17-21-25(38-23(17)22(19)36)34-24(16-5-1-13(10-32)9-18(16)15-3-4-15)35(26(21)37)12-14-2-8-20(33-11-14)27(29,30)31/h1-2,5-9,11,15,36H,3-4,12H2. The lowest BCUT2D eigenvalue weighted by Gasteiger charge is -2.16. The lowest BCUT2D eigenvalue weighted by molar-refractivity contribution is -0.141. The summed E-state index contributed by atoms with van der Waals surface area (Å²) in [5, 5.41) is 20.9. The fourth-order valence-electron chi connectivity index (χ4n) is 4.57. The van der Waals surface area contributed by atoms with Gasteiger partial charge in [0.1, 0.15) is 16.3 Å². The van der Waals surface area contributed by atoms with Crippen molar-refractivity contribution in [3.8, 4) is 23.2 Å². The summed E-state index contributed by atoms with van der Waals surface area (Å²) in [6, 6.07) is 12.6. The van der Waals surface area contributed by atoms with Crippen molar-refractivity contribution in [1.29, 1.82) is 5.26 Å². The van der Waals surface area contributed by atoms with E-state index in [1.54, 1.807) is 24.3 Å². The zero-order valence-corrected chi connectivity index (χ0v) is 21.0. The molecule has 0 unspecified atom stereocenters. The number of alkyl halides is 3. The minimum absolute atomic E-state index is 0.0801. The van der Waals surface area contributed by atoms with Crippen molar-refractivity contribution in [1.82, 2.24) is 14.5 Å². The number of hydrogen-bond acceptors (Lipinski definition) is 6. The first kappa shape index (κ1) is 24.4. The molecule has 1 aliphatic rings. The molecule has 0 amide bonds. The smallest absolute Gasteiger partial charge is 0.433 e. The Balaban J connectivity index is 1.62. The molecule has 3 heterocycles. The first-order chi connectivity index (χ1) is 18.2. The van der Waals surface area contributed by atoms with Gasteiger partial charge in [-0.05, 0) is 60.2 Å². The minimum atomic E-state index is -4.58. The molecule has 1 fully saturated rings. The van der Waals surface area contributed by atoms with E-state index in [0.29, 0.717) is 37.4 Å². The summed E-state index contributed by atoms with van der Waals surface area (Å²) in [6.45, 7) is -0.0801. The molecule has 2 aromatic carbocycles. The van der Waals surface area contributed by atoms with E-state index < -0.39 is 17.4 Å². The molecule has 11 heteroatoms. The monoisotopic (exact) mass is 552 g/mol. The van der Waals surface area contributed by atoms with Crippen molar-refractivity contribution in [3.05, 3.63) is 86.4 Å². The zero-order chi connectivity index (χ0) is 26.8. The molecule has 190 valence electrons. The van der Waals surface area contributed by atoms with E-state index in [1.807, 2.05) is 0 Å². The van der Waals surface area contributed by atoms with Crippen LogP contribution in [0.15, 0.2) is 53.5 Å². The Hall–Kier alpha value is -3.94. The van der Waals surface area contributed by atoms with Gasteiger partial charge < -0.3 is 5.11 Å². The Bertz CT molecular complexity index is 1850. The molecule has 0 saturated heterocycles. The molecule has 5 aromatic rings. The van der Waals surface area contributed by atoms with Crippen LogP contribution in [0, 0.1) is 11.3 Å². The topological polar surface area (TPSA) is 91.8 Å². The van der Waals surface area contributed by atoms with E-state index in [1.165, 1.54) is 16.7 Å². The highest BCUT2D eigenvalue weighted by Gasteiger charge is 2.32. The minimum Gasteiger partial charge on any atom is -0.505 e. The van der Waals surface area contributed by atoms with Crippen LogP contribution in [0.1, 0.15) is 41.1 Å². The van der Waals surface area contributed by atoms with Gasteiger partial charge in [-0.2, -0.15) is 18.4 Å². The average Bonchev–Trinajstić information content (AvgIpc) is 3.67. The molecular weight excluding hydrogens is 537 g/mol. The van der Waals surface area contributed by atoms with Gasteiger partial charge in [-0.15, -0.1) is 11.3 Å². The maximum Gasteiger partial charge on any atom is 0.433 e. The van der Waals surface area contributed by atoms with E-state index in [0.717, 1.165) is 42.0 Å². The molecule has 1 aliphatic carbocycles. The molecular formula is C27H16ClF3N4O2S. The molecule has 0 radical (unpaired) electrons. The van der Waals surface area contributed by atoms with Crippen molar-refractivity contribution < 1.29 is 18.3 Å². The first-order valence-electron chi connectivity index (χ1n) is 11.6. The van der Waals surface area contributed by atoms with Gasteiger partial charge in [-0.3, -0.25) is 14.3 Å². The van der Waals surface area contributed by atoms with Crippen molar-refractivity contribution in [2.75, 3.05) is 0 Å². The highest BCUT2D eigenvalue weighted by Crippen LogP contribution is 2.45. The second-order valence-electron chi connectivity index (χ2n) is 9.12. The Labute approximate surface area is 222 Å². The van der Waals surface area contributed by atoms with E-state index in [9.17, 15) is 28.3 Å². The zero-order valence-electron chi connectivity index (χ0n) is 19.4. The number of fused-ring (bicyclic) bond motifs is 3. The van der Waals surface area contributed by atoms with Crippen molar-refractivity contribution >= 4 is 43.2 Å². The number of pyridine rings is 1. The highest BCUT2D eigenvalue weighted by molar-refractivity contribution is 7.25. The van der Waals surface area contributed by atoms with Gasteiger partial charge in [0, 0.05) is 17.1 Å². The third-order valence-corrected chi connectivity index (χ3v) is 7.99. The maximum atomic E-state index is 14.0.